The Morgan fingerprint density at radius 1 is 0.352 bits per heavy atom. The Hall–Kier alpha value is -6.95. The van der Waals surface area contributed by atoms with Gasteiger partial charge in [0.1, 0.15) is 11.2 Å². The molecule has 5 heteroatoms. The van der Waals surface area contributed by atoms with Crippen LogP contribution in [-0.2, 0) is 0 Å². The highest BCUT2D eigenvalue weighted by Gasteiger charge is 2.19. The average Bonchev–Trinajstić information content (AvgIpc) is 3.81. The van der Waals surface area contributed by atoms with Crippen molar-refractivity contribution in [2.45, 2.75) is 0 Å². The van der Waals surface area contributed by atoms with Crippen LogP contribution in [0.1, 0.15) is 0 Å². The third-order valence-electron chi connectivity index (χ3n) is 10.3. The molecule has 0 N–H and O–H groups in total. The number of hydrogen-bond acceptors (Lipinski definition) is 5. The van der Waals surface area contributed by atoms with Crippen LogP contribution >= 0.6 is 11.3 Å². The fourth-order valence-corrected chi connectivity index (χ4v) is 8.90. The molecule has 3 heterocycles. The van der Waals surface area contributed by atoms with Crippen molar-refractivity contribution in [1.82, 2.24) is 15.0 Å². The number of fused-ring (bicyclic) bond motifs is 7. The van der Waals surface area contributed by atoms with Gasteiger partial charge in [-0.1, -0.05) is 127 Å². The Bertz CT molecular complexity index is 3220. The van der Waals surface area contributed by atoms with Gasteiger partial charge in [-0.2, -0.15) is 0 Å². The Kier molecular flexibility index (Phi) is 7.00. The predicted molar refractivity (Wildman–Crippen MR) is 225 cm³/mol. The molecule has 0 fully saturated rings. The molecule has 4 nitrogen and oxygen atoms in total. The summed E-state index contributed by atoms with van der Waals surface area (Å²) < 4.78 is 8.95. The first-order chi connectivity index (χ1) is 26.7. The lowest BCUT2D eigenvalue weighted by Gasteiger charge is -2.13. The molecule has 0 saturated heterocycles. The van der Waals surface area contributed by atoms with E-state index in [9.17, 15) is 0 Å². The van der Waals surface area contributed by atoms with E-state index < -0.39 is 0 Å². The van der Waals surface area contributed by atoms with Gasteiger partial charge in [0.05, 0.1) is 0 Å². The number of aromatic nitrogens is 3. The molecule has 54 heavy (non-hydrogen) atoms. The van der Waals surface area contributed by atoms with Gasteiger partial charge in [0.2, 0.25) is 0 Å². The van der Waals surface area contributed by atoms with Gasteiger partial charge in [0.15, 0.2) is 17.5 Å². The van der Waals surface area contributed by atoms with E-state index in [4.69, 9.17) is 19.4 Å². The van der Waals surface area contributed by atoms with E-state index in [-0.39, 0.29) is 0 Å². The van der Waals surface area contributed by atoms with Crippen LogP contribution in [-0.4, -0.2) is 15.0 Å². The molecular formula is C49H29N3OS. The summed E-state index contributed by atoms with van der Waals surface area (Å²) in [4.78, 5) is 15.6. The molecule has 252 valence electrons. The number of hydrogen-bond donors (Lipinski definition) is 0. The number of rotatable bonds is 5. The Balaban J connectivity index is 1.10. The largest absolute Gasteiger partial charge is 0.456 e. The second kappa shape index (κ2) is 12.3. The molecule has 0 saturated carbocycles. The Morgan fingerprint density at radius 2 is 0.944 bits per heavy atom. The molecule has 8 aromatic carbocycles. The molecule has 3 aromatic heterocycles. The van der Waals surface area contributed by atoms with E-state index in [1.54, 1.807) is 11.3 Å². The molecule has 11 aromatic rings. The van der Waals surface area contributed by atoms with Crippen molar-refractivity contribution in [3.8, 4) is 56.4 Å². The van der Waals surface area contributed by atoms with Crippen molar-refractivity contribution < 1.29 is 4.42 Å². The average molecular weight is 708 g/mol. The summed E-state index contributed by atoms with van der Waals surface area (Å²) in [7, 11) is 0. The molecule has 0 bridgehead atoms. The standard InChI is InChI=1S/C49H29N3OS/c1-3-12-30(13-4-1)32-22-24-37-38-25-23-33(29-44(38)53-43(37)28-32)35-26-34-16-7-8-17-36(34)42(27-35)49-51-47(31-14-5-2-6-15-31)50-48(52-49)41-20-11-19-40-39-18-9-10-21-45(39)54-46(40)41/h1-29H. The molecule has 0 unspecified atom stereocenters. The van der Waals surface area contributed by atoms with Crippen LogP contribution in [0.3, 0.4) is 0 Å². The normalized spacial score (nSPS) is 11.7. The first-order valence-electron chi connectivity index (χ1n) is 18.0. The van der Waals surface area contributed by atoms with Gasteiger partial charge in [0.25, 0.3) is 0 Å². The third-order valence-corrected chi connectivity index (χ3v) is 11.5. The van der Waals surface area contributed by atoms with Crippen molar-refractivity contribution in [3.05, 3.63) is 176 Å². The minimum Gasteiger partial charge on any atom is -0.456 e. The Labute approximate surface area is 314 Å². The zero-order chi connectivity index (χ0) is 35.6. The quantitative estimate of drug-likeness (QED) is 0.179. The van der Waals surface area contributed by atoms with Crippen LogP contribution < -0.4 is 0 Å². The van der Waals surface area contributed by atoms with Gasteiger partial charge in [-0.25, -0.2) is 15.0 Å². The van der Waals surface area contributed by atoms with E-state index >= 15 is 0 Å². The molecular weight excluding hydrogens is 679 g/mol. The van der Waals surface area contributed by atoms with Crippen LogP contribution in [0, 0.1) is 0 Å². The second-order valence-corrected chi connectivity index (χ2v) is 14.6. The summed E-state index contributed by atoms with van der Waals surface area (Å²) in [5, 5.41) is 6.84. The molecule has 11 rings (SSSR count). The summed E-state index contributed by atoms with van der Waals surface area (Å²) >= 11 is 1.78. The fourth-order valence-electron chi connectivity index (χ4n) is 7.69. The Morgan fingerprint density at radius 3 is 1.70 bits per heavy atom. The monoisotopic (exact) mass is 707 g/mol. The van der Waals surface area contributed by atoms with Crippen molar-refractivity contribution in [2.75, 3.05) is 0 Å². The maximum absolute atomic E-state index is 6.53. The lowest BCUT2D eigenvalue weighted by atomic mass is 9.95. The van der Waals surface area contributed by atoms with Crippen LogP contribution in [0.4, 0.5) is 0 Å². The smallest absolute Gasteiger partial charge is 0.165 e. The van der Waals surface area contributed by atoms with E-state index in [1.807, 2.05) is 24.3 Å². The predicted octanol–water partition coefficient (Wildman–Crippen LogP) is 13.6. The summed E-state index contributed by atoms with van der Waals surface area (Å²) in [6.45, 7) is 0. The minimum atomic E-state index is 0.633. The minimum absolute atomic E-state index is 0.633. The summed E-state index contributed by atoms with van der Waals surface area (Å²) in [5.41, 5.74) is 9.05. The third kappa shape index (κ3) is 5.09. The van der Waals surface area contributed by atoms with Crippen molar-refractivity contribution in [2.24, 2.45) is 0 Å². The number of thiophene rings is 1. The van der Waals surface area contributed by atoms with E-state index in [1.165, 1.54) is 25.7 Å². The number of nitrogens with zero attached hydrogens (tertiary/aromatic N) is 3. The fraction of sp³-hybridized carbons (Fsp3) is 0. The lowest BCUT2D eigenvalue weighted by molar-refractivity contribution is 0.669. The topological polar surface area (TPSA) is 51.8 Å². The molecule has 0 spiro atoms. The maximum Gasteiger partial charge on any atom is 0.165 e. The molecule has 0 aliphatic heterocycles. The van der Waals surface area contributed by atoms with E-state index in [0.717, 1.165) is 66.1 Å². The van der Waals surface area contributed by atoms with Gasteiger partial charge in [-0.3, -0.25) is 0 Å². The molecule has 0 aliphatic carbocycles. The van der Waals surface area contributed by atoms with E-state index in [2.05, 4.69) is 152 Å². The van der Waals surface area contributed by atoms with Crippen molar-refractivity contribution >= 4 is 64.2 Å². The van der Waals surface area contributed by atoms with Crippen molar-refractivity contribution in [1.29, 1.82) is 0 Å². The van der Waals surface area contributed by atoms with Crippen LogP contribution in [0.25, 0.3) is 109 Å². The number of benzene rings is 8. The maximum atomic E-state index is 6.53. The highest BCUT2D eigenvalue weighted by Crippen LogP contribution is 2.41. The molecule has 0 amide bonds. The first-order valence-corrected chi connectivity index (χ1v) is 18.8. The zero-order valence-corrected chi connectivity index (χ0v) is 29.7. The molecule has 0 atom stereocenters. The molecule has 0 aliphatic rings. The summed E-state index contributed by atoms with van der Waals surface area (Å²) in [6, 6.07) is 61.5. The lowest BCUT2D eigenvalue weighted by Crippen LogP contribution is -2.01. The van der Waals surface area contributed by atoms with E-state index in [0.29, 0.717) is 17.5 Å². The van der Waals surface area contributed by atoms with Gasteiger partial charge < -0.3 is 4.42 Å². The summed E-state index contributed by atoms with van der Waals surface area (Å²) in [5.74, 6) is 1.93. The zero-order valence-electron chi connectivity index (χ0n) is 28.9. The van der Waals surface area contributed by atoms with Crippen molar-refractivity contribution in [3.63, 3.8) is 0 Å². The van der Waals surface area contributed by atoms with Gasteiger partial charge in [0, 0.05) is 47.6 Å². The van der Waals surface area contributed by atoms with Gasteiger partial charge in [-0.05, 0) is 81.6 Å². The summed E-state index contributed by atoms with van der Waals surface area (Å²) in [6.07, 6.45) is 0. The highest BCUT2D eigenvalue weighted by molar-refractivity contribution is 7.26. The molecule has 0 radical (unpaired) electrons. The van der Waals surface area contributed by atoms with Gasteiger partial charge in [-0.15, -0.1) is 11.3 Å². The second-order valence-electron chi connectivity index (χ2n) is 13.6. The van der Waals surface area contributed by atoms with Crippen LogP contribution in [0.2, 0.25) is 0 Å². The highest BCUT2D eigenvalue weighted by atomic mass is 32.1. The number of furan rings is 1. The first kappa shape index (κ1) is 30.7. The van der Waals surface area contributed by atoms with Gasteiger partial charge >= 0.3 is 0 Å². The SMILES string of the molecule is c1ccc(-c2ccc3c(c2)oc2cc(-c4cc(-c5nc(-c6ccccc6)nc(-c6cccc7c6sc6ccccc67)n5)c5ccccc5c4)ccc23)cc1. The van der Waals surface area contributed by atoms with Crippen LogP contribution in [0.15, 0.2) is 180 Å². The van der Waals surface area contributed by atoms with Crippen LogP contribution in [0.5, 0.6) is 0 Å².